The first-order valence-corrected chi connectivity index (χ1v) is 7.64. The second kappa shape index (κ2) is 6.42. The zero-order valence-electron chi connectivity index (χ0n) is 11.2. The molecule has 0 bridgehead atoms. The highest BCUT2D eigenvalue weighted by Gasteiger charge is 2.21. The molecule has 1 fully saturated rings. The molecule has 2 atom stereocenters. The van der Waals surface area contributed by atoms with Gasteiger partial charge in [0.25, 0.3) is 0 Å². The summed E-state index contributed by atoms with van der Waals surface area (Å²) in [5.74, 6) is 0.489. The number of hydrogen-bond donors (Lipinski definition) is 2. The molecule has 1 saturated carbocycles. The van der Waals surface area contributed by atoms with Crippen molar-refractivity contribution in [2.24, 2.45) is 11.8 Å². The number of carbonyl (C=O) groups is 1. The monoisotopic (exact) mass is 325 g/mol. The molecule has 0 spiro atoms. The third kappa shape index (κ3) is 3.72. The molecule has 2 N–H and O–H groups in total. The van der Waals surface area contributed by atoms with Gasteiger partial charge in [-0.05, 0) is 36.5 Å². The Morgan fingerprint density at radius 1 is 1.42 bits per heavy atom. The Balaban J connectivity index is 2.05. The first-order valence-electron chi connectivity index (χ1n) is 6.84. The van der Waals surface area contributed by atoms with Crippen LogP contribution in [-0.4, -0.2) is 17.6 Å². The van der Waals surface area contributed by atoms with Crippen molar-refractivity contribution in [3.63, 3.8) is 0 Å². The van der Waals surface area contributed by atoms with E-state index in [0.717, 1.165) is 16.9 Å². The molecule has 0 heterocycles. The maximum atomic E-state index is 11.2. The van der Waals surface area contributed by atoms with E-state index in [0.29, 0.717) is 17.2 Å². The number of benzene rings is 1. The van der Waals surface area contributed by atoms with Crippen molar-refractivity contribution in [1.29, 1.82) is 0 Å². The zero-order chi connectivity index (χ0) is 13.8. The van der Waals surface area contributed by atoms with Crippen molar-refractivity contribution in [2.75, 3.05) is 11.9 Å². The van der Waals surface area contributed by atoms with Gasteiger partial charge in [-0.15, -0.1) is 0 Å². The standard InChI is InChI=1S/C15H20BrNO2/c1-10-4-2-3-5-11(10)9-17-14-8-12(16)6-7-13(14)15(18)19/h6-8,10-11,17H,2-5,9H2,1H3,(H,18,19). The van der Waals surface area contributed by atoms with Gasteiger partial charge < -0.3 is 10.4 Å². The number of rotatable bonds is 4. The van der Waals surface area contributed by atoms with Crippen LogP contribution in [-0.2, 0) is 0 Å². The van der Waals surface area contributed by atoms with Crippen LogP contribution in [0, 0.1) is 11.8 Å². The molecule has 0 saturated heterocycles. The molecule has 1 aromatic rings. The summed E-state index contributed by atoms with van der Waals surface area (Å²) < 4.78 is 0.900. The molecule has 1 aliphatic rings. The van der Waals surface area contributed by atoms with Crippen molar-refractivity contribution in [1.82, 2.24) is 0 Å². The smallest absolute Gasteiger partial charge is 0.337 e. The molecular formula is C15H20BrNO2. The lowest BCUT2D eigenvalue weighted by atomic mass is 9.80. The van der Waals surface area contributed by atoms with Gasteiger partial charge in [0.2, 0.25) is 0 Å². The summed E-state index contributed by atoms with van der Waals surface area (Å²) in [6, 6.07) is 5.24. The Bertz CT molecular complexity index is 461. The van der Waals surface area contributed by atoms with Crippen LogP contribution in [0.2, 0.25) is 0 Å². The van der Waals surface area contributed by atoms with E-state index in [1.807, 2.05) is 6.07 Å². The van der Waals surface area contributed by atoms with Gasteiger partial charge in [0.1, 0.15) is 0 Å². The van der Waals surface area contributed by atoms with Crippen LogP contribution in [0.3, 0.4) is 0 Å². The highest BCUT2D eigenvalue weighted by Crippen LogP contribution is 2.30. The molecule has 104 valence electrons. The molecular weight excluding hydrogens is 306 g/mol. The van der Waals surface area contributed by atoms with Crippen LogP contribution in [0.5, 0.6) is 0 Å². The fraction of sp³-hybridized carbons (Fsp3) is 0.533. The SMILES string of the molecule is CC1CCCCC1CNc1cc(Br)ccc1C(=O)O. The highest BCUT2D eigenvalue weighted by atomic mass is 79.9. The van der Waals surface area contributed by atoms with Crippen LogP contribution >= 0.6 is 15.9 Å². The third-order valence-corrected chi connectivity index (χ3v) is 4.55. The zero-order valence-corrected chi connectivity index (χ0v) is 12.7. The molecule has 1 aromatic carbocycles. The molecule has 1 aliphatic carbocycles. The van der Waals surface area contributed by atoms with Gasteiger partial charge in [-0.2, -0.15) is 0 Å². The summed E-state index contributed by atoms with van der Waals surface area (Å²) in [6.45, 7) is 3.16. The molecule has 0 aliphatic heterocycles. The number of nitrogens with one attached hydrogen (secondary N) is 1. The predicted molar refractivity (Wildman–Crippen MR) is 80.7 cm³/mol. The molecule has 2 unspecified atom stereocenters. The molecule has 3 nitrogen and oxygen atoms in total. The van der Waals surface area contributed by atoms with E-state index < -0.39 is 5.97 Å². The maximum absolute atomic E-state index is 11.2. The summed E-state index contributed by atoms with van der Waals surface area (Å²) in [5, 5.41) is 12.5. The van der Waals surface area contributed by atoms with Gasteiger partial charge in [-0.1, -0.05) is 42.1 Å². The molecule has 4 heteroatoms. The van der Waals surface area contributed by atoms with Gasteiger partial charge in [0.05, 0.1) is 5.56 Å². The van der Waals surface area contributed by atoms with E-state index in [-0.39, 0.29) is 0 Å². The van der Waals surface area contributed by atoms with Gasteiger partial charge in [-0.3, -0.25) is 0 Å². The number of anilines is 1. The Morgan fingerprint density at radius 2 is 2.16 bits per heavy atom. The lowest BCUT2D eigenvalue weighted by Crippen LogP contribution is -2.25. The molecule has 0 amide bonds. The van der Waals surface area contributed by atoms with E-state index in [4.69, 9.17) is 0 Å². The van der Waals surface area contributed by atoms with Gasteiger partial charge >= 0.3 is 5.97 Å². The van der Waals surface area contributed by atoms with Crippen LogP contribution in [0.1, 0.15) is 43.0 Å². The second-order valence-electron chi connectivity index (χ2n) is 5.40. The summed E-state index contributed by atoms with van der Waals surface area (Å²) >= 11 is 3.39. The minimum Gasteiger partial charge on any atom is -0.478 e. The van der Waals surface area contributed by atoms with Gasteiger partial charge in [0.15, 0.2) is 0 Å². The topological polar surface area (TPSA) is 49.3 Å². The Labute approximate surface area is 122 Å². The van der Waals surface area contributed by atoms with Crippen LogP contribution in [0.15, 0.2) is 22.7 Å². The maximum Gasteiger partial charge on any atom is 0.337 e. The lowest BCUT2D eigenvalue weighted by Gasteiger charge is -2.29. The van der Waals surface area contributed by atoms with E-state index >= 15 is 0 Å². The van der Waals surface area contributed by atoms with Gasteiger partial charge in [0, 0.05) is 16.7 Å². The van der Waals surface area contributed by atoms with Crippen molar-refractivity contribution < 1.29 is 9.90 Å². The average molecular weight is 326 g/mol. The predicted octanol–water partition coefficient (Wildman–Crippen LogP) is 4.39. The Kier molecular flexibility index (Phi) is 4.86. The van der Waals surface area contributed by atoms with Crippen LogP contribution < -0.4 is 5.32 Å². The van der Waals surface area contributed by atoms with E-state index in [2.05, 4.69) is 28.2 Å². The van der Waals surface area contributed by atoms with E-state index in [9.17, 15) is 9.90 Å². The fourth-order valence-corrected chi connectivity index (χ4v) is 3.15. The normalized spacial score (nSPS) is 23.1. The second-order valence-corrected chi connectivity index (χ2v) is 6.31. The number of hydrogen-bond acceptors (Lipinski definition) is 2. The minimum atomic E-state index is -0.883. The highest BCUT2D eigenvalue weighted by molar-refractivity contribution is 9.10. The van der Waals surface area contributed by atoms with Crippen molar-refractivity contribution in [2.45, 2.75) is 32.6 Å². The van der Waals surface area contributed by atoms with Gasteiger partial charge in [-0.25, -0.2) is 4.79 Å². The summed E-state index contributed by atoms with van der Waals surface area (Å²) in [4.78, 5) is 11.2. The van der Waals surface area contributed by atoms with E-state index in [1.54, 1.807) is 12.1 Å². The minimum absolute atomic E-state index is 0.340. The number of carboxylic acid groups (broad SMARTS) is 1. The fourth-order valence-electron chi connectivity index (χ4n) is 2.79. The van der Waals surface area contributed by atoms with Crippen molar-refractivity contribution in [3.8, 4) is 0 Å². The largest absolute Gasteiger partial charge is 0.478 e. The Hall–Kier alpha value is -1.03. The third-order valence-electron chi connectivity index (χ3n) is 4.06. The first kappa shape index (κ1) is 14.4. The van der Waals surface area contributed by atoms with Crippen molar-refractivity contribution in [3.05, 3.63) is 28.2 Å². The van der Waals surface area contributed by atoms with Crippen LogP contribution in [0.4, 0.5) is 5.69 Å². The quantitative estimate of drug-likeness (QED) is 0.863. The molecule has 0 radical (unpaired) electrons. The number of carboxylic acids is 1. The summed E-state index contributed by atoms with van der Waals surface area (Å²) in [5.41, 5.74) is 1.05. The average Bonchev–Trinajstić information content (AvgIpc) is 2.37. The van der Waals surface area contributed by atoms with E-state index in [1.165, 1.54) is 25.7 Å². The summed E-state index contributed by atoms with van der Waals surface area (Å²) in [6.07, 6.45) is 5.15. The molecule has 19 heavy (non-hydrogen) atoms. The Morgan fingerprint density at radius 3 is 2.84 bits per heavy atom. The molecule has 0 aromatic heterocycles. The number of aromatic carboxylic acids is 1. The van der Waals surface area contributed by atoms with Crippen molar-refractivity contribution >= 4 is 27.6 Å². The first-order chi connectivity index (χ1) is 9.08. The lowest BCUT2D eigenvalue weighted by molar-refractivity contribution is 0.0698. The summed E-state index contributed by atoms with van der Waals surface area (Å²) in [7, 11) is 0. The number of halogens is 1. The van der Waals surface area contributed by atoms with Crippen LogP contribution in [0.25, 0.3) is 0 Å². The molecule has 2 rings (SSSR count).